The molecule has 0 bridgehead atoms. The highest BCUT2D eigenvalue weighted by molar-refractivity contribution is 5.78. The largest absolute Gasteiger partial charge is 0.488 e. The van der Waals surface area contributed by atoms with Gasteiger partial charge < -0.3 is 15.0 Å². The summed E-state index contributed by atoms with van der Waals surface area (Å²) < 4.78 is 7.62. The molecule has 1 saturated heterocycles. The van der Waals surface area contributed by atoms with E-state index < -0.39 is 0 Å². The van der Waals surface area contributed by atoms with Crippen molar-refractivity contribution >= 4 is 5.91 Å². The SMILES string of the molecule is Cc1ccc2c(c1)-c1c(cnn1CC(=O)NCCCN1CC(C)CC(C)C1)CO2. The van der Waals surface area contributed by atoms with Gasteiger partial charge in [0.05, 0.1) is 11.9 Å². The lowest BCUT2D eigenvalue weighted by atomic mass is 9.92. The molecule has 29 heavy (non-hydrogen) atoms. The van der Waals surface area contributed by atoms with Gasteiger partial charge in [0.1, 0.15) is 18.9 Å². The molecule has 156 valence electrons. The van der Waals surface area contributed by atoms with Crippen molar-refractivity contribution in [3.63, 3.8) is 0 Å². The van der Waals surface area contributed by atoms with E-state index in [1.807, 2.05) is 18.3 Å². The van der Waals surface area contributed by atoms with Gasteiger partial charge >= 0.3 is 0 Å². The number of likely N-dealkylation sites (tertiary alicyclic amines) is 1. The minimum atomic E-state index is 0.0111. The highest BCUT2D eigenvalue weighted by Gasteiger charge is 2.24. The number of fused-ring (bicyclic) bond motifs is 3. The Balaban J connectivity index is 1.31. The summed E-state index contributed by atoms with van der Waals surface area (Å²) in [4.78, 5) is 15.0. The lowest BCUT2D eigenvalue weighted by Gasteiger charge is -2.34. The van der Waals surface area contributed by atoms with Gasteiger partial charge in [-0.25, -0.2) is 0 Å². The summed E-state index contributed by atoms with van der Waals surface area (Å²) >= 11 is 0. The van der Waals surface area contributed by atoms with E-state index in [1.54, 1.807) is 4.68 Å². The molecule has 1 aromatic heterocycles. The number of carbonyl (C=O) groups is 1. The molecule has 0 radical (unpaired) electrons. The minimum Gasteiger partial charge on any atom is -0.488 e. The van der Waals surface area contributed by atoms with E-state index in [4.69, 9.17) is 4.74 Å². The van der Waals surface area contributed by atoms with Gasteiger partial charge in [0.15, 0.2) is 0 Å². The molecule has 1 amide bonds. The van der Waals surface area contributed by atoms with Gasteiger partial charge in [0.2, 0.25) is 5.91 Å². The number of aromatic nitrogens is 2. The van der Waals surface area contributed by atoms with E-state index >= 15 is 0 Å². The van der Waals surface area contributed by atoms with Crippen LogP contribution in [0.25, 0.3) is 11.3 Å². The molecule has 3 heterocycles. The van der Waals surface area contributed by atoms with Crippen molar-refractivity contribution in [1.29, 1.82) is 0 Å². The van der Waals surface area contributed by atoms with Crippen molar-refractivity contribution in [2.24, 2.45) is 11.8 Å². The lowest BCUT2D eigenvalue weighted by Crippen LogP contribution is -2.40. The second kappa shape index (κ2) is 8.57. The number of piperidine rings is 1. The number of rotatable bonds is 6. The van der Waals surface area contributed by atoms with Crippen molar-refractivity contribution in [1.82, 2.24) is 20.0 Å². The van der Waals surface area contributed by atoms with Crippen LogP contribution in [0.2, 0.25) is 0 Å². The monoisotopic (exact) mass is 396 g/mol. The van der Waals surface area contributed by atoms with Crippen molar-refractivity contribution in [2.75, 3.05) is 26.2 Å². The number of benzene rings is 1. The maximum absolute atomic E-state index is 12.5. The number of ether oxygens (including phenoxy) is 1. The van der Waals surface area contributed by atoms with E-state index in [-0.39, 0.29) is 12.5 Å². The van der Waals surface area contributed by atoms with Gasteiger partial charge in [-0.2, -0.15) is 5.10 Å². The van der Waals surface area contributed by atoms with Crippen molar-refractivity contribution in [3.8, 4) is 17.0 Å². The van der Waals surface area contributed by atoms with Crippen LogP contribution in [0, 0.1) is 18.8 Å². The topological polar surface area (TPSA) is 59.4 Å². The molecule has 4 rings (SSSR count). The van der Waals surface area contributed by atoms with Crippen LogP contribution in [0.5, 0.6) is 5.75 Å². The predicted molar refractivity (Wildman–Crippen MR) is 114 cm³/mol. The molecular weight excluding hydrogens is 364 g/mol. The molecule has 6 heteroatoms. The minimum absolute atomic E-state index is 0.0111. The summed E-state index contributed by atoms with van der Waals surface area (Å²) in [5, 5.41) is 7.52. The van der Waals surface area contributed by atoms with E-state index in [1.165, 1.54) is 25.1 Å². The Bertz CT molecular complexity index is 866. The van der Waals surface area contributed by atoms with Crippen molar-refractivity contribution in [3.05, 3.63) is 35.5 Å². The Morgan fingerprint density at radius 3 is 2.86 bits per heavy atom. The van der Waals surface area contributed by atoms with Crippen LogP contribution in [-0.2, 0) is 17.9 Å². The molecule has 0 spiro atoms. The maximum Gasteiger partial charge on any atom is 0.241 e. The third kappa shape index (κ3) is 4.64. The third-order valence-electron chi connectivity index (χ3n) is 5.90. The fourth-order valence-electron chi connectivity index (χ4n) is 4.77. The van der Waals surface area contributed by atoms with Gasteiger partial charge in [-0.05, 0) is 50.3 Å². The van der Waals surface area contributed by atoms with Crippen LogP contribution in [0.4, 0.5) is 0 Å². The quantitative estimate of drug-likeness (QED) is 0.762. The summed E-state index contributed by atoms with van der Waals surface area (Å²) in [7, 11) is 0. The highest BCUT2D eigenvalue weighted by atomic mass is 16.5. The number of hydrogen-bond donors (Lipinski definition) is 1. The lowest BCUT2D eigenvalue weighted by molar-refractivity contribution is -0.121. The Morgan fingerprint density at radius 2 is 2.07 bits per heavy atom. The Morgan fingerprint density at radius 1 is 1.28 bits per heavy atom. The summed E-state index contributed by atoms with van der Waals surface area (Å²) in [5.41, 5.74) is 4.22. The van der Waals surface area contributed by atoms with E-state index in [9.17, 15) is 4.79 Å². The van der Waals surface area contributed by atoms with Crippen LogP contribution in [0.1, 0.15) is 37.8 Å². The molecule has 2 unspecified atom stereocenters. The Hall–Kier alpha value is -2.34. The summed E-state index contributed by atoms with van der Waals surface area (Å²) in [6.45, 7) is 11.6. The average molecular weight is 397 g/mol. The van der Waals surface area contributed by atoms with Gasteiger partial charge in [-0.1, -0.05) is 25.5 Å². The second-order valence-corrected chi connectivity index (χ2v) is 8.87. The molecule has 2 atom stereocenters. The maximum atomic E-state index is 12.5. The van der Waals surface area contributed by atoms with Crippen LogP contribution < -0.4 is 10.1 Å². The first-order valence-electron chi connectivity index (χ1n) is 10.8. The summed E-state index contributed by atoms with van der Waals surface area (Å²) in [6, 6.07) is 6.14. The predicted octanol–water partition coefficient (Wildman–Crippen LogP) is 3.24. The zero-order chi connectivity index (χ0) is 20.4. The molecule has 1 N–H and O–H groups in total. The summed E-state index contributed by atoms with van der Waals surface area (Å²) in [6.07, 6.45) is 4.12. The second-order valence-electron chi connectivity index (χ2n) is 8.87. The van der Waals surface area contributed by atoms with Gasteiger partial charge in [-0.15, -0.1) is 0 Å². The van der Waals surface area contributed by atoms with Gasteiger partial charge in [0, 0.05) is 30.8 Å². The molecule has 2 aliphatic heterocycles. The van der Waals surface area contributed by atoms with Crippen molar-refractivity contribution in [2.45, 2.75) is 46.8 Å². The van der Waals surface area contributed by atoms with E-state index in [0.717, 1.165) is 47.4 Å². The average Bonchev–Trinajstić information content (AvgIpc) is 3.07. The first-order valence-corrected chi connectivity index (χ1v) is 10.8. The smallest absolute Gasteiger partial charge is 0.241 e. The molecule has 1 aromatic carbocycles. The molecule has 6 nitrogen and oxygen atoms in total. The summed E-state index contributed by atoms with van der Waals surface area (Å²) in [5.74, 6) is 2.41. The normalized spacial score (nSPS) is 21.2. The zero-order valence-electron chi connectivity index (χ0n) is 17.8. The number of nitrogens with zero attached hydrogens (tertiary/aromatic N) is 3. The third-order valence-corrected chi connectivity index (χ3v) is 5.90. The number of hydrogen-bond acceptors (Lipinski definition) is 4. The molecule has 2 aromatic rings. The molecule has 0 saturated carbocycles. The van der Waals surface area contributed by atoms with Crippen LogP contribution >= 0.6 is 0 Å². The standard InChI is InChI=1S/C23H32N4O2/c1-16-5-6-21-20(10-16)23-19(15-29-21)11-25-27(23)14-22(28)24-7-4-8-26-12-17(2)9-18(3)13-26/h5-6,10-11,17-18H,4,7-9,12-15H2,1-3H3,(H,24,28). The fraction of sp³-hybridized carbons (Fsp3) is 0.565. The molecular formula is C23H32N4O2. The first-order chi connectivity index (χ1) is 14.0. The zero-order valence-corrected chi connectivity index (χ0v) is 17.8. The molecule has 2 aliphatic rings. The number of amides is 1. The molecule has 1 fully saturated rings. The van der Waals surface area contributed by atoms with Crippen LogP contribution in [0.15, 0.2) is 24.4 Å². The van der Waals surface area contributed by atoms with Crippen LogP contribution in [-0.4, -0.2) is 46.8 Å². The van der Waals surface area contributed by atoms with Crippen LogP contribution in [0.3, 0.4) is 0 Å². The number of nitrogens with one attached hydrogen (secondary N) is 1. The van der Waals surface area contributed by atoms with E-state index in [2.05, 4.69) is 42.2 Å². The number of carbonyl (C=O) groups excluding carboxylic acids is 1. The van der Waals surface area contributed by atoms with E-state index in [0.29, 0.717) is 13.2 Å². The molecule has 0 aliphatic carbocycles. The first kappa shape index (κ1) is 20.0. The van der Waals surface area contributed by atoms with Gasteiger partial charge in [0.25, 0.3) is 0 Å². The Labute approximate surface area is 173 Å². The Kier molecular flexibility index (Phi) is 5.90. The number of aryl methyl sites for hydroxylation is 1. The van der Waals surface area contributed by atoms with Crippen molar-refractivity contribution < 1.29 is 9.53 Å². The van der Waals surface area contributed by atoms with Gasteiger partial charge in [-0.3, -0.25) is 9.48 Å². The fourth-order valence-corrected chi connectivity index (χ4v) is 4.77. The highest BCUT2D eigenvalue weighted by Crippen LogP contribution is 2.37.